The molecule has 2 nitrogen and oxygen atoms in total. The van der Waals surface area contributed by atoms with Crippen molar-refractivity contribution in [3.63, 3.8) is 0 Å². The van der Waals surface area contributed by atoms with Crippen molar-refractivity contribution in [3.05, 3.63) is 17.8 Å². The lowest BCUT2D eigenvalue weighted by Crippen LogP contribution is -2.08. The zero-order valence-electron chi connectivity index (χ0n) is 10.5. The van der Waals surface area contributed by atoms with E-state index in [9.17, 15) is 0 Å². The van der Waals surface area contributed by atoms with Gasteiger partial charge in [0.1, 0.15) is 5.82 Å². The summed E-state index contributed by atoms with van der Waals surface area (Å²) in [5.74, 6) is 1.03. The van der Waals surface area contributed by atoms with Gasteiger partial charge in [0.25, 0.3) is 0 Å². The predicted molar refractivity (Wildman–Crippen MR) is 71.2 cm³/mol. The number of nitrogens with one attached hydrogen (secondary N) is 1. The average Bonchev–Trinajstić information content (AvgIpc) is 2.92. The molecule has 0 saturated heterocycles. The zero-order chi connectivity index (χ0) is 11.8. The first-order valence-electron chi connectivity index (χ1n) is 5.87. The van der Waals surface area contributed by atoms with Gasteiger partial charge >= 0.3 is 0 Å². The van der Waals surface area contributed by atoms with E-state index >= 15 is 0 Å². The van der Waals surface area contributed by atoms with Crippen LogP contribution in [0.4, 0.5) is 5.82 Å². The van der Waals surface area contributed by atoms with Crippen LogP contribution >= 0.6 is 11.8 Å². The van der Waals surface area contributed by atoms with Crippen LogP contribution in [-0.2, 0) is 0 Å². The van der Waals surface area contributed by atoms with Crippen LogP contribution in [0.5, 0.6) is 0 Å². The molecule has 1 heterocycles. The van der Waals surface area contributed by atoms with Crippen molar-refractivity contribution in [3.8, 4) is 0 Å². The maximum absolute atomic E-state index is 4.61. The van der Waals surface area contributed by atoms with E-state index in [1.165, 1.54) is 17.7 Å². The summed E-state index contributed by atoms with van der Waals surface area (Å²) in [6, 6.07) is 4.95. The number of rotatable bonds is 3. The first-order valence-corrected chi connectivity index (χ1v) is 6.69. The molecule has 2 rings (SSSR count). The molecule has 1 aromatic rings. The van der Waals surface area contributed by atoms with E-state index in [1.54, 1.807) is 0 Å². The molecule has 1 aromatic heterocycles. The summed E-state index contributed by atoms with van der Waals surface area (Å²) in [7, 11) is 0. The average molecular weight is 236 g/mol. The Labute approximate surface area is 102 Å². The Morgan fingerprint density at radius 1 is 1.31 bits per heavy atom. The fourth-order valence-electron chi connectivity index (χ4n) is 1.50. The van der Waals surface area contributed by atoms with Crippen LogP contribution < -0.4 is 5.32 Å². The number of aryl methyl sites for hydroxylation is 1. The maximum Gasteiger partial charge on any atom is 0.126 e. The fraction of sp³-hybridized carbons (Fsp3) is 0.615. The van der Waals surface area contributed by atoms with Gasteiger partial charge in [-0.25, -0.2) is 4.98 Å². The zero-order valence-corrected chi connectivity index (χ0v) is 11.3. The summed E-state index contributed by atoms with van der Waals surface area (Å²) >= 11 is 1.88. The minimum absolute atomic E-state index is 0.248. The van der Waals surface area contributed by atoms with Gasteiger partial charge in [0, 0.05) is 15.7 Å². The topological polar surface area (TPSA) is 24.9 Å². The van der Waals surface area contributed by atoms with Crippen molar-refractivity contribution in [2.24, 2.45) is 0 Å². The molecular weight excluding hydrogens is 216 g/mol. The molecule has 0 atom stereocenters. The van der Waals surface area contributed by atoms with Crippen LogP contribution in [0, 0.1) is 6.92 Å². The summed E-state index contributed by atoms with van der Waals surface area (Å²) in [5, 5.41) is 3.43. The number of anilines is 1. The molecule has 0 unspecified atom stereocenters. The van der Waals surface area contributed by atoms with Gasteiger partial charge in [0.05, 0.1) is 5.69 Å². The normalized spacial score (nSPS) is 16.2. The summed E-state index contributed by atoms with van der Waals surface area (Å²) in [6.45, 7) is 8.78. The Morgan fingerprint density at radius 2 is 2.00 bits per heavy atom. The highest BCUT2D eigenvalue weighted by molar-refractivity contribution is 8.00. The van der Waals surface area contributed by atoms with Gasteiger partial charge in [-0.05, 0) is 31.9 Å². The highest BCUT2D eigenvalue weighted by atomic mass is 32.2. The van der Waals surface area contributed by atoms with Crippen LogP contribution in [0.3, 0.4) is 0 Å². The molecule has 0 spiro atoms. The highest BCUT2D eigenvalue weighted by Crippen LogP contribution is 2.34. The number of nitrogens with zero attached hydrogens (tertiary/aromatic N) is 1. The Kier molecular flexibility index (Phi) is 3.15. The number of hydrogen-bond acceptors (Lipinski definition) is 3. The summed E-state index contributed by atoms with van der Waals surface area (Å²) in [5.41, 5.74) is 1.13. The van der Waals surface area contributed by atoms with E-state index < -0.39 is 0 Å². The highest BCUT2D eigenvalue weighted by Gasteiger charge is 2.21. The van der Waals surface area contributed by atoms with Crippen molar-refractivity contribution in [2.45, 2.75) is 56.2 Å². The van der Waals surface area contributed by atoms with Crippen molar-refractivity contribution in [1.82, 2.24) is 4.98 Å². The van der Waals surface area contributed by atoms with E-state index in [4.69, 9.17) is 0 Å². The van der Waals surface area contributed by atoms with Gasteiger partial charge in [-0.2, -0.15) is 0 Å². The van der Waals surface area contributed by atoms with Gasteiger partial charge in [-0.1, -0.05) is 20.8 Å². The third-order valence-electron chi connectivity index (χ3n) is 2.38. The Balaban J connectivity index is 2.09. The Hall–Kier alpha value is -0.700. The molecule has 1 N–H and O–H groups in total. The molecule has 88 valence electrons. The Morgan fingerprint density at radius 3 is 2.50 bits per heavy atom. The maximum atomic E-state index is 4.61. The van der Waals surface area contributed by atoms with Crippen molar-refractivity contribution < 1.29 is 0 Å². The lowest BCUT2D eigenvalue weighted by atomic mass is 10.3. The summed E-state index contributed by atoms with van der Waals surface area (Å²) in [6.07, 6.45) is 2.58. The second-order valence-corrected chi connectivity index (χ2v) is 7.28. The number of pyridine rings is 1. The van der Waals surface area contributed by atoms with Gasteiger partial charge in [0.2, 0.25) is 0 Å². The van der Waals surface area contributed by atoms with Crippen LogP contribution in [0.25, 0.3) is 0 Å². The lowest BCUT2D eigenvalue weighted by molar-refractivity contribution is 0.801. The third-order valence-corrected chi connectivity index (χ3v) is 3.65. The second kappa shape index (κ2) is 4.28. The minimum Gasteiger partial charge on any atom is -0.367 e. The number of aromatic nitrogens is 1. The smallest absolute Gasteiger partial charge is 0.126 e. The molecular formula is C13H20N2S. The number of hydrogen-bond donors (Lipinski definition) is 1. The molecule has 16 heavy (non-hydrogen) atoms. The van der Waals surface area contributed by atoms with Crippen molar-refractivity contribution in [1.29, 1.82) is 0 Å². The van der Waals surface area contributed by atoms with Crippen LogP contribution in [0.15, 0.2) is 17.0 Å². The third kappa shape index (κ3) is 3.41. The van der Waals surface area contributed by atoms with Crippen LogP contribution in [-0.4, -0.2) is 15.8 Å². The molecule has 1 fully saturated rings. The predicted octanol–water partition coefficient (Wildman–Crippen LogP) is 3.85. The molecule has 1 aliphatic carbocycles. The summed E-state index contributed by atoms with van der Waals surface area (Å²) < 4.78 is 0.248. The Bertz CT molecular complexity index is 378. The van der Waals surface area contributed by atoms with Gasteiger partial charge in [0.15, 0.2) is 0 Å². The van der Waals surface area contributed by atoms with Crippen molar-refractivity contribution >= 4 is 17.6 Å². The summed E-state index contributed by atoms with van der Waals surface area (Å²) in [4.78, 5) is 5.89. The van der Waals surface area contributed by atoms with Crippen molar-refractivity contribution in [2.75, 3.05) is 5.32 Å². The number of thioether (sulfide) groups is 1. The molecule has 0 aliphatic heterocycles. The van der Waals surface area contributed by atoms with Gasteiger partial charge in [-0.3, -0.25) is 0 Å². The minimum atomic E-state index is 0.248. The monoisotopic (exact) mass is 236 g/mol. The first-order chi connectivity index (χ1) is 7.44. The molecule has 1 aliphatic rings. The second-order valence-electron chi connectivity index (χ2n) is 5.41. The molecule has 0 aromatic carbocycles. The van der Waals surface area contributed by atoms with Crippen LogP contribution in [0.2, 0.25) is 0 Å². The molecule has 1 saturated carbocycles. The van der Waals surface area contributed by atoms with E-state index in [0.717, 1.165) is 11.5 Å². The van der Waals surface area contributed by atoms with Crippen LogP contribution in [0.1, 0.15) is 39.3 Å². The fourth-order valence-corrected chi connectivity index (χ4v) is 2.49. The van der Waals surface area contributed by atoms with E-state index in [0.29, 0.717) is 6.04 Å². The van der Waals surface area contributed by atoms with E-state index in [1.807, 2.05) is 11.8 Å². The largest absolute Gasteiger partial charge is 0.367 e. The standard InChI is InChI=1S/C13H20N2S/c1-9-11(16-13(2,3)4)7-8-12(14-9)15-10-5-6-10/h7-8,10H,5-6H2,1-4H3,(H,14,15). The van der Waals surface area contributed by atoms with Gasteiger partial charge < -0.3 is 5.32 Å². The van der Waals surface area contributed by atoms with E-state index in [-0.39, 0.29) is 4.75 Å². The molecule has 0 amide bonds. The molecule has 0 bridgehead atoms. The quantitative estimate of drug-likeness (QED) is 0.807. The molecule has 0 radical (unpaired) electrons. The van der Waals surface area contributed by atoms with Gasteiger partial charge in [-0.15, -0.1) is 11.8 Å². The van der Waals surface area contributed by atoms with E-state index in [2.05, 4.69) is 50.1 Å². The lowest BCUT2D eigenvalue weighted by Gasteiger charge is -2.19. The SMILES string of the molecule is Cc1nc(NC2CC2)ccc1SC(C)(C)C. The molecule has 3 heteroatoms. The first kappa shape index (κ1) is 11.8.